The minimum atomic E-state index is 0.522. The molecule has 0 amide bonds. The molecule has 0 bridgehead atoms. The van der Waals surface area contributed by atoms with E-state index in [4.69, 9.17) is 0 Å². The SMILES string of the molecule is Cc1c(C2NCCC2C)cnn1C. The summed E-state index contributed by atoms with van der Waals surface area (Å²) in [6, 6.07) is 0.522. The van der Waals surface area contributed by atoms with Crippen LogP contribution in [0.15, 0.2) is 6.20 Å². The molecule has 0 aliphatic carbocycles. The van der Waals surface area contributed by atoms with E-state index in [1.54, 1.807) is 0 Å². The second kappa shape index (κ2) is 3.14. The maximum Gasteiger partial charge on any atom is 0.0540 e. The van der Waals surface area contributed by atoms with E-state index in [1.807, 2.05) is 17.9 Å². The van der Waals surface area contributed by atoms with Crippen molar-refractivity contribution in [3.63, 3.8) is 0 Å². The first-order chi connectivity index (χ1) is 6.20. The first-order valence-corrected chi connectivity index (χ1v) is 4.92. The molecule has 1 aromatic heterocycles. The van der Waals surface area contributed by atoms with E-state index < -0.39 is 0 Å². The maximum atomic E-state index is 4.27. The van der Waals surface area contributed by atoms with Crippen molar-refractivity contribution in [2.24, 2.45) is 13.0 Å². The summed E-state index contributed by atoms with van der Waals surface area (Å²) in [6.45, 7) is 5.58. The number of nitrogens with one attached hydrogen (secondary N) is 1. The second-order valence-electron chi connectivity index (χ2n) is 4.01. The summed E-state index contributed by atoms with van der Waals surface area (Å²) in [7, 11) is 2.00. The van der Waals surface area contributed by atoms with Gasteiger partial charge in [-0.25, -0.2) is 0 Å². The molecule has 1 N–H and O–H groups in total. The molecule has 1 saturated heterocycles. The Morgan fingerprint density at radius 1 is 1.62 bits per heavy atom. The van der Waals surface area contributed by atoms with Crippen LogP contribution in [0.5, 0.6) is 0 Å². The van der Waals surface area contributed by atoms with Crippen LogP contribution in [0.1, 0.15) is 30.6 Å². The van der Waals surface area contributed by atoms with Crippen molar-refractivity contribution in [2.45, 2.75) is 26.3 Å². The Morgan fingerprint density at radius 3 is 2.85 bits per heavy atom. The van der Waals surface area contributed by atoms with E-state index in [9.17, 15) is 0 Å². The predicted molar refractivity (Wildman–Crippen MR) is 52.5 cm³/mol. The zero-order chi connectivity index (χ0) is 9.42. The second-order valence-corrected chi connectivity index (χ2v) is 4.01. The van der Waals surface area contributed by atoms with Gasteiger partial charge in [-0.2, -0.15) is 5.10 Å². The number of hydrogen-bond donors (Lipinski definition) is 1. The van der Waals surface area contributed by atoms with Gasteiger partial charge < -0.3 is 5.32 Å². The van der Waals surface area contributed by atoms with E-state index in [-0.39, 0.29) is 0 Å². The fourth-order valence-corrected chi connectivity index (χ4v) is 2.07. The third kappa shape index (κ3) is 1.37. The largest absolute Gasteiger partial charge is 0.310 e. The van der Waals surface area contributed by atoms with Crippen LogP contribution >= 0.6 is 0 Å². The van der Waals surface area contributed by atoms with Crippen LogP contribution in [0.25, 0.3) is 0 Å². The summed E-state index contributed by atoms with van der Waals surface area (Å²) >= 11 is 0. The lowest BCUT2D eigenvalue weighted by Gasteiger charge is -2.14. The van der Waals surface area contributed by atoms with Gasteiger partial charge in [0.1, 0.15) is 0 Å². The topological polar surface area (TPSA) is 29.9 Å². The van der Waals surface area contributed by atoms with Crippen LogP contribution in [0.2, 0.25) is 0 Å². The number of aryl methyl sites for hydroxylation is 1. The Morgan fingerprint density at radius 2 is 2.38 bits per heavy atom. The van der Waals surface area contributed by atoms with Crippen LogP contribution in [-0.2, 0) is 7.05 Å². The van der Waals surface area contributed by atoms with E-state index >= 15 is 0 Å². The van der Waals surface area contributed by atoms with Gasteiger partial charge >= 0.3 is 0 Å². The summed E-state index contributed by atoms with van der Waals surface area (Å²) in [4.78, 5) is 0. The minimum Gasteiger partial charge on any atom is -0.310 e. The molecular formula is C10H17N3. The van der Waals surface area contributed by atoms with Gasteiger partial charge in [0.2, 0.25) is 0 Å². The van der Waals surface area contributed by atoms with Gasteiger partial charge in [0.25, 0.3) is 0 Å². The summed E-state index contributed by atoms with van der Waals surface area (Å²) in [5.74, 6) is 0.739. The molecule has 0 radical (unpaired) electrons. The monoisotopic (exact) mass is 179 g/mol. The Kier molecular flexibility index (Phi) is 2.12. The minimum absolute atomic E-state index is 0.522. The summed E-state index contributed by atoms with van der Waals surface area (Å²) in [5.41, 5.74) is 2.65. The van der Waals surface area contributed by atoms with Crippen LogP contribution in [0.3, 0.4) is 0 Å². The Bertz CT molecular complexity index is 303. The lowest BCUT2D eigenvalue weighted by Crippen LogP contribution is -2.17. The van der Waals surface area contributed by atoms with Gasteiger partial charge in [-0.05, 0) is 25.8 Å². The van der Waals surface area contributed by atoms with E-state index in [2.05, 4.69) is 24.3 Å². The maximum absolute atomic E-state index is 4.27. The van der Waals surface area contributed by atoms with Crippen molar-refractivity contribution in [1.82, 2.24) is 15.1 Å². The van der Waals surface area contributed by atoms with Crippen LogP contribution in [0.4, 0.5) is 0 Å². The number of hydrogen-bond acceptors (Lipinski definition) is 2. The van der Waals surface area contributed by atoms with Crippen molar-refractivity contribution in [3.05, 3.63) is 17.5 Å². The zero-order valence-electron chi connectivity index (χ0n) is 8.54. The lowest BCUT2D eigenvalue weighted by atomic mass is 9.97. The average molecular weight is 179 g/mol. The van der Waals surface area contributed by atoms with Gasteiger partial charge in [0.15, 0.2) is 0 Å². The van der Waals surface area contributed by atoms with Crippen LogP contribution in [0, 0.1) is 12.8 Å². The molecule has 3 heteroatoms. The fourth-order valence-electron chi connectivity index (χ4n) is 2.07. The quantitative estimate of drug-likeness (QED) is 0.706. The van der Waals surface area contributed by atoms with Crippen molar-refractivity contribution in [3.8, 4) is 0 Å². The highest BCUT2D eigenvalue weighted by Gasteiger charge is 2.26. The van der Waals surface area contributed by atoms with Gasteiger partial charge in [-0.3, -0.25) is 4.68 Å². The molecule has 2 heterocycles. The van der Waals surface area contributed by atoms with E-state index in [0.29, 0.717) is 6.04 Å². The molecule has 1 fully saturated rings. The van der Waals surface area contributed by atoms with Crippen molar-refractivity contribution in [1.29, 1.82) is 0 Å². The molecule has 2 atom stereocenters. The highest BCUT2D eigenvalue weighted by molar-refractivity contribution is 5.22. The van der Waals surface area contributed by atoms with E-state index in [1.165, 1.54) is 17.7 Å². The highest BCUT2D eigenvalue weighted by atomic mass is 15.3. The average Bonchev–Trinajstić information content (AvgIpc) is 2.62. The molecule has 0 spiro atoms. The fraction of sp³-hybridized carbons (Fsp3) is 0.700. The summed E-state index contributed by atoms with van der Waals surface area (Å²) in [6.07, 6.45) is 3.27. The molecule has 0 saturated carbocycles. The standard InChI is InChI=1S/C10H17N3/c1-7-4-5-11-10(7)9-6-12-13(3)8(9)2/h6-7,10-11H,4-5H2,1-3H3. The lowest BCUT2D eigenvalue weighted by molar-refractivity contribution is 0.500. The molecule has 2 rings (SSSR count). The molecule has 72 valence electrons. The molecule has 13 heavy (non-hydrogen) atoms. The van der Waals surface area contributed by atoms with Gasteiger partial charge in [0, 0.05) is 24.3 Å². The van der Waals surface area contributed by atoms with Gasteiger partial charge in [-0.1, -0.05) is 6.92 Å². The highest BCUT2D eigenvalue weighted by Crippen LogP contribution is 2.30. The van der Waals surface area contributed by atoms with E-state index in [0.717, 1.165) is 12.5 Å². The smallest absolute Gasteiger partial charge is 0.0540 e. The third-order valence-electron chi connectivity index (χ3n) is 3.14. The third-order valence-corrected chi connectivity index (χ3v) is 3.14. The summed E-state index contributed by atoms with van der Waals surface area (Å²) < 4.78 is 1.95. The Labute approximate surface area is 79.1 Å². The Balaban J connectivity index is 2.29. The summed E-state index contributed by atoms with van der Waals surface area (Å²) in [5, 5.41) is 7.80. The van der Waals surface area contributed by atoms with Gasteiger partial charge in [-0.15, -0.1) is 0 Å². The van der Waals surface area contributed by atoms with Crippen LogP contribution < -0.4 is 5.32 Å². The molecule has 1 aliphatic rings. The first kappa shape index (κ1) is 8.75. The van der Waals surface area contributed by atoms with Gasteiger partial charge in [0.05, 0.1) is 6.20 Å². The molecular weight excluding hydrogens is 162 g/mol. The zero-order valence-corrected chi connectivity index (χ0v) is 8.54. The number of nitrogens with zero attached hydrogens (tertiary/aromatic N) is 2. The predicted octanol–water partition coefficient (Wildman–Crippen LogP) is 1.40. The van der Waals surface area contributed by atoms with Crippen molar-refractivity contribution < 1.29 is 0 Å². The Hall–Kier alpha value is -0.830. The van der Waals surface area contributed by atoms with Crippen LogP contribution in [-0.4, -0.2) is 16.3 Å². The molecule has 1 aliphatic heterocycles. The number of aromatic nitrogens is 2. The van der Waals surface area contributed by atoms with Crippen molar-refractivity contribution in [2.75, 3.05) is 6.54 Å². The normalized spacial score (nSPS) is 28.2. The molecule has 2 unspecified atom stereocenters. The van der Waals surface area contributed by atoms with Crippen molar-refractivity contribution >= 4 is 0 Å². The first-order valence-electron chi connectivity index (χ1n) is 4.92. The molecule has 0 aromatic carbocycles. The molecule has 1 aromatic rings. The number of rotatable bonds is 1. The molecule has 3 nitrogen and oxygen atoms in total.